The molecule has 4 rings (SSSR count). The molecule has 0 saturated heterocycles. The summed E-state index contributed by atoms with van der Waals surface area (Å²) >= 11 is 0. The van der Waals surface area contributed by atoms with Crippen molar-refractivity contribution in [3.8, 4) is 11.6 Å². The zero-order valence-corrected chi connectivity index (χ0v) is 20.5. The minimum atomic E-state index is -0.585. The third-order valence-corrected chi connectivity index (χ3v) is 5.63. The van der Waals surface area contributed by atoms with E-state index in [1.807, 2.05) is 52.0 Å². The molecular weight excluding hydrogens is 444 g/mol. The lowest BCUT2D eigenvalue weighted by Gasteiger charge is -2.14. The van der Waals surface area contributed by atoms with E-state index in [1.54, 1.807) is 13.0 Å². The number of pyridine rings is 1. The second-order valence-corrected chi connectivity index (χ2v) is 8.42. The largest absolute Gasteiger partial charge is 0.483 e. The highest BCUT2D eigenvalue weighted by Crippen LogP contribution is 2.27. The van der Waals surface area contributed by atoms with Gasteiger partial charge in [-0.15, -0.1) is 0 Å². The fourth-order valence-electron chi connectivity index (χ4n) is 3.97. The maximum absolute atomic E-state index is 12.8. The fraction of sp³-hybridized carbons (Fsp3) is 0.259. The highest BCUT2D eigenvalue weighted by atomic mass is 16.5. The third kappa shape index (κ3) is 5.01. The first-order valence-electron chi connectivity index (χ1n) is 11.4. The maximum Gasteiger partial charge on any atom is 0.343 e. The molecule has 2 aromatic carbocycles. The summed E-state index contributed by atoms with van der Waals surface area (Å²) in [6.45, 7) is 9.63. The summed E-state index contributed by atoms with van der Waals surface area (Å²) in [5, 5.41) is 8.18. The van der Waals surface area contributed by atoms with Crippen LogP contribution in [0.5, 0.6) is 5.75 Å². The SMILES string of the molecule is CCOC(=O)c1cnn(-c2cc(C)c3cc(C)cc(C)c3n2)c1NC(=O)COc1ccccc1C. The van der Waals surface area contributed by atoms with E-state index in [2.05, 4.69) is 22.5 Å². The summed E-state index contributed by atoms with van der Waals surface area (Å²) in [5.74, 6) is 0.243. The normalized spacial score (nSPS) is 10.9. The Hall–Kier alpha value is -4.20. The van der Waals surface area contributed by atoms with Gasteiger partial charge in [0.1, 0.15) is 11.3 Å². The van der Waals surface area contributed by atoms with E-state index in [-0.39, 0.29) is 24.6 Å². The number of nitrogens with zero attached hydrogens (tertiary/aromatic N) is 3. The van der Waals surface area contributed by atoms with Crippen molar-refractivity contribution in [1.82, 2.24) is 14.8 Å². The van der Waals surface area contributed by atoms with Gasteiger partial charge >= 0.3 is 5.97 Å². The molecule has 0 aliphatic rings. The van der Waals surface area contributed by atoms with Crippen molar-refractivity contribution in [2.45, 2.75) is 34.6 Å². The second kappa shape index (κ2) is 9.97. The van der Waals surface area contributed by atoms with Crippen molar-refractivity contribution in [1.29, 1.82) is 0 Å². The Bertz CT molecular complexity index is 1420. The predicted molar refractivity (Wildman–Crippen MR) is 134 cm³/mol. The molecule has 1 amide bonds. The van der Waals surface area contributed by atoms with E-state index in [9.17, 15) is 9.59 Å². The quantitative estimate of drug-likeness (QED) is 0.387. The standard InChI is InChI=1S/C27H28N4O4/c1-6-34-27(33)21-14-28-31(23-13-18(4)20-12-16(2)11-19(5)25(20)29-23)26(21)30-24(32)15-35-22-10-8-7-9-17(22)3/h7-14H,6,15H2,1-5H3,(H,30,32). The first kappa shape index (κ1) is 23.9. The van der Waals surface area contributed by atoms with Gasteiger partial charge in [0.25, 0.3) is 5.91 Å². The van der Waals surface area contributed by atoms with Crippen LogP contribution in [0.3, 0.4) is 0 Å². The first-order chi connectivity index (χ1) is 16.8. The third-order valence-electron chi connectivity index (χ3n) is 5.63. The lowest BCUT2D eigenvalue weighted by molar-refractivity contribution is -0.118. The number of benzene rings is 2. The molecule has 0 bridgehead atoms. The molecule has 35 heavy (non-hydrogen) atoms. The predicted octanol–water partition coefficient (Wildman–Crippen LogP) is 4.85. The molecule has 2 heterocycles. The molecule has 0 unspecified atom stereocenters. The molecule has 8 nitrogen and oxygen atoms in total. The molecule has 0 aliphatic carbocycles. The smallest absolute Gasteiger partial charge is 0.343 e. The summed E-state index contributed by atoms with van der Waals surface area (Å²) in [4.78, 5) is 30.2. The van der Waals surface area contributed by atoms with E-state index in [0.717, 1.165) is 33.2 Å². The number of hydrogen-bond acceptors (Lipinski definition) is 6. The molecule has 0 fully saturated rings. The van der Waals surface area contributed by atoms with Crippen molar-refractivity contribution in [2.75, 3.05) is 18.5 Å². The average molecular weight is 473 g/mol. The van der Waals surface area contributed by atoms with Crippen LogP contribution >= 0.6 is 0 Å². The number of aryl methyl sites for hydroxylation is 4. The van der Waals surface area contributed by atoms with Gasteiger partial charge < -0.3 is 14.8 Å². The highest BCUT2D eigenvalue weighted by Gasteiger charge is 2.23. The van der Waals surface area contributed by atoms with Crippen LogP contribution in [-0.2, 0) is 9.53 Å². The number of nitrogens with one attached hydrogen (secondary N) is 1. The van der Waals surface area contributed by atoms with Crippen LogP contribution in [0.4, 0.5) is 5.82 Å². The van der Waals surface area contributed by atoms with Crippen LogP contribution in [-0.4, -0.2) is 39.9 Å². The van der Waals surface area contributed by atoms with E-state index in [4.69, 9.17) is 14.5 Å². The van der Waals surface area contributed by atoms with Gasteiger partial charge in [-0.05, 0) is 69.5 Å². The Morgan fingerprint density at radius 3 is 2.51 bits per heavy atom. The van der Waals surface area contributed by atoms with Gasteiger partial charge in [-0.2, -0.15) is 9.78 Å². The number of aromatic nitrogens is 3. The lowest BCUT2D eigenvalue weighted by atomic mass is 10.0. The molecule has 0 atom stereocenters. The molecule has 2 aromatic heterocycles. The molecule has 180 valence electrons. The van der Waals surface area contributed by atoms with Gasteiger partial charge in [0, 0.05) is 5.39 Å². The van der Waals surface area contributed by atoms with Crippen molar-refractivity contribution < 1.29 is 19.1 Å². The van der Waals surface area contributed by atoms with Crippen molar-refractivity contribution in [3.05, 3.63) is 76.5 Å². The minimum absolute atomic E-state index is 0.135. The van der Waals surface area contributed by atoms with E-state index in [0.29, 0.717) is 11.6 Å². The number of carbonyl (C=O) groups excluding carboxylic acids is 2. The Kier molecular flexibility index (Phi) is 6.82. The highest BCUT2D eigenvalue weighted by molar-refractivity contribution is 6.01. The number of rotatable bonds is 7. The Morgan fingerprint density at radius 1 is 1.00 bits per heavy atom. The Morgan fingerprint density at radius 2 is 1.77 bits per heavy atom. The van der Waals surface area contributed by atoms with Gasteiger partial charge in [0.15, 0.2) is 18.2 Å². The molecule has 0 saturated carbocycles. The number of hydrogen-bond donors (Lipinski definition) is 1. The molecule has 1 N–H and O–H groups in total. The second-order valence-electron chi connectivity index (χ2n) is 8.42. The van der Waals surface area contributed by atoms with Gasteiger partial charge in [0.05, 0.1) is 18.3 Å². The van der Waals surface area contributed by atoms with Gasteiger partial charge in [0.2, 0.25) is 0 Å². The number of amides is 1. The molecule has 0 spiro atoms. The number of carbonyl (C=O) groups is 2. The first-order valence-corrected chi connectivity index (χ1v) is 11.4. The number of esters is 1. The minimum Gasteiger partial charge on any atom is -0.483 e. The van der Waals surface area contributed by atoms with Crippen LogP contribution in [0.15, 0.2) is 48.7 Å². The topological polar surface area (TPSA) is 95.3 Å². The van der Waals surface area contributed by atoms with Crippen LogP contribution in [0.2, 0.25) is 0 Å². The lowest BCUT2D eigenvalue weighted by Crippen LogP contribution is -2.24. The van der Waals surface area contributed by atoms with Crippen LogP contribution in [0.25, 0.3) is 16.7 Å². The summed E-state index contributed by atoms with van der Waals surface area (Å²) < 4.78 is 12.3. The van der Waals surface area contributed by atoms with Crippen molar-refractivity contribution >= 4 is 28.6 Å². The summed E-state index contributed by atoms with van der Waals surface area (Å²) in [6, 6.07) is 13.5. The zero-order valence-electron chi connectivity index (χ0n) is 20.5. The summed E-state index contributed by atoms with van der Waals surface area (Å²) in [6.07, 6.45) is 1.37. The molecule has 0 radical (unpaired) electrons. The number of fused-ring (bicyclic) bond motifs is 1. The monoisotopic (exact) mass is 472 g/mol. The fourth-order valence-corrected chi connectivity index (χ4v) is 3.97. The number of anilines is 1. The molecule has 8 heteroatoms. The average Bonchev–Trinajstić information content (AvgIpc) is 3.22. The van der Waals surface area contributed by atoms with E-state index >= 15 is 0 Å². The zero-order chi connectivity index (χ0) is 25.1. The van der Waals surface area contributed by atoms with Gasteiger partial charge in [-0.1, -0.05) is 29.8 Å². The van der Waals surface area contributed by atoms with Crippen LogP contribution in [0.1, 0.15) is 39.5 Å². The Balaban J connectivity index is 1.71. The Labute approximate surface area is 203 Å². The molecule has 4 aromatic rings. The van der Waals surface area contributed by atoms with Crippen LogP contribution < -0.4 is 10.1 Å². The van der Waals surface area contributed by atoms with Crippen molar-refractivity contribution in [2.24, 2.45) is 0 Å². The van der Waals surface area contributed by atoms with Gasteiger partial charge in [-0.3, -0.25) is 4.79 Å². The number of ether oxygens (including phenoxy) is 2. The van der Waals surface area contributed by atoms with E-state index < -0.39 is 11.9 Å². The van der Waals surface area contributed by atoms with Gasteiger partial charge in [-0.25, -0.2) is 9.78 Å². The maximum atomic E-state index is 12.8. The summed E-state index contributed by atoms with van der Waals surface area (Å²) in [5.41, 5.74) is 5.07. The molecule has 0 aliphatic heterocycles. The van der Waals surface area contributed by atoms with Crippen LogP contribution in [0, 0.1) is 27.7 Å². The van der Waals surface area contributed by atoms with Crippen molar-refractivity contribution in [3.63, 3.8) is 0 Å². The van der Waals surface area contributed by atoms with E-state index in [1.165, 1.54) is 10.9 Å². The summed E-state index contributed by atoms with van der Waals surface area (Å²) in [7, 11) is 0. The molecular formula is C27H28N4O4. The number of para-hydroxylation sites is 1.